The Bertz CT molecular complexity index is 1530. The zero-order valence-corrected chi connectivity index (χ0v) is 19.9. The van der Waals surface area contributed by atoms with Crippen LogP contribution in [0.5, 0.6) is 5.75 Å². The molecule has 4 aromatic rings. The lowest BCUT2D eigenvalue weighted by atomic mass is 10.1. The predicted molar refractivity (Wildman–Crippen MR) is 133 cm³/mol. The number of carbonyl (C=O) groups is 2. The molecule has 3 aliphatic rings. The van der Waals surface area contributed by atoms with Crippen LogP contribution in [0.1, 0.15) is 29.1 Å². The number of fused-ring (bicyclic) bond motifs is 3. The van der Waals surface area contributed by atoms with E-state index in [0.717, 1.165) is 39.4 Å². The standard InChI is InChI=1S/C27H20N4O4S/c32-25-15-34-21-7-3-2-6-19(21)30(25)14-24-28-26(29-35-24)16-9-12-20-23(13-16)36-22-8-4-1-5-18(22)27(33)31(20)17-10-11-17/h1-9,12-13,17H,10-11,14-15H2. The Morgan fingerprint density at radius 2 is 1.78 bits per heavy atom. The van der Waals surface area contributed by atoms with Crippen molar-refractivity contribution in [2.24, 2.45) is 0 Å². The van der Waals surface area contributed by atoms with Crippen LogP contribution < -0.4 is 14.5 Å². The molecule has 0 atom stereocenters. The average molecular weight is 497 g/mol. The summed E-state index contributed by atoms with van der Waals surface area (Å²) < 4.78 is 11.0. The first-order chi connectivity index (χ1) is 17.7. The minimum absolute atomic E-state index is 0.0300. The Kier molecular flexibility index (Phi) is 4.85. The van der Waals surface area contributed by atoms with Gasteiger partial charge in [-0.1, -0.05) is 41.2 Å². The van der Waals surface area contributed by atoms with Gasteiger partial charge in [-0.25, -0.2) is 0 Å². The number of aromatic nitrogens is 2. The highest BCUT2D eigenvalue weighted by atomic mass is 32.2. The number of para-hydroxylation sites is 2. The normalized spacial score (nSPS) is 16.7. The Labute approximate surface area is 210 Å². The number of ether oxygens (including phenoxy) is 1. The smallest absolute Gasteiger partial charge is 0.265 e. The monoisotopic (exact) mass is 496 g/mol. The van der Waals surface area contributed by atoms with E-state index >= 15 is 0 Å². The summed E-state index contributed by atoms with van der Waals surface area (Å²) in [5, 5.41) is 4.19. The van der Waals surface area contributed by atoms with Crippen molar-refractivity contribution < 1.29 is 18.8 Å². The van der Waals surface area contributed by atoms with E-state index in [2.05, 4.69) is 10.1 Å². The van der Waals surface area contributed by atoms with Crippen molar-refractivity contribution in [3.8, 4) is 17.1 Å². The summed E-state index contributed by atoms with van der Waals surface area (Å²) in [4.78, 5) is 35.9. The summed E-state index contributed by atoms with van der Waals surface area (Å²) in [7, 11) is 0. The Balaban J connectivity index is 1.21. The molecule has 0 saturated heterocycles. The van der Waals surface area contributed by atoms with Gasteiger partial charge in [0.1, 0.15) is 12.3 Å². The van der Waals surface area contributed by atoms with Crippen LogP contribution in [-0.2, 0) is 11.3 Å². The van der Waals surface area contributed by atoms with Crippen LogP contribution in [0.15, 0.2) is 81.0 Å². The van der Waals surface area contributed by atoms with Crippen LogP contribution in [-0.4, -0.2) is 34.6 Å². The van der Waals surface area contributed by atoms with Gasteiger partial charge in [-0.15, -0.1) is 0 Å². The summed E-state index contributed by atoms with van der Waals surface area (Å²) in [5.74, 6) is 1.29. The third kappa shape index (κ3) is 3.54. The molecular formula is C27H20N4O4S. The number of nitrogens with zero attached hydrogens (tertiary/aromatic N) is 4. The minimum atomic E-state index is -0.168. The Morgan fingerprint density at radius 3 is 2.67 bits per heavy atom. The summed E-state index contributed by atoms with van der Waals surface area (Å²) in [6.45, 7) is 0.126. The maximum absolute atomic E-state index is 13.4. The lowest BCUT2D eigenvalue weighted by Crippen LogP contribution is -2.38. The molecule has 9 heteroatoms. The number of rotatable bonds is 4. The molecule has 1 aliphatic carbocycles. The van der Waals surface area contributed by atoms with E-state index in [1.165, 1.54) is 0 Å². The summed E-state index contributed by atoms with van der Waals surface area (Å²) in [5.41, 5.74) is 3.10. The fourth-order valence-corrected chi connectivity index (χ4v) is 5.72. The van der Waals surface area contributed by atoms with E-state index in [0.29, 0.717) is 23.2 Å². The van der Waals surface area contributed by atoms with Gasteiger partial charge in [0.25, 0.3) is 11.8 Å². The van der Waals surface area contributed by atoms with Crippen LogP contribution in [0.3, 0.4) is 0 Å². The number of amides is 2. The molecule has 1 aromatic heterocycles. The molecular weight excluding hydrogens is 476 g/mol. The van der Waals surface area contributed by atoms with Gasteiger partial charge in [-0.05, 0) is 55.3 Å². The summed E-state index contributed by atoms with van der Waals surface area (Å²) in [6, 6.07) is 21.2. The molecule has 2 amide bonds. The molecule has 3 heterocycles. The van der Waals surface area contributed by atoms with Gasteiger partial charge in [0.2, 0.25) is 11.7 Å². The zero-order valence-electron chi connectivity index (χ0n) is 19.1. The van der Waals surface area contributed by atoms with E-state index in [1.54, 1.807) is 16.7 Å². The maximum atomic E-state index is 13.4. The second-order valence-corrected chi connectivity index (χ2v) is 10.0. The molecule has 178 valence electrons. The average Bonchev–Trinajstić information content (AvgIpc) is 3.64. The highest BCUT2D eigenvalue weighted by molar-refractivity contribution is 7.99. The van der Waals surface area contributed by atoms with Crippen molar-refractivity contribution in [1.29, 1.82) is 0 Å². The molecule has 0 bridgehead atoms. The Morgan fingerprint density at radius 1 is 0.944 bits per heavy atom. The number of hydrogen-bond acceptors (Lipinski definition) is 7. The van der Waals surface area contributed by atoms with Crippen molar-refractivity contribution in [1.82, 2.24) is 10.1 Å². The third-order valence-electron chi connectivity index (χ3n) is 6.52. The van der Waals surface area contributed by atoms with Gasteiger partial charge in [-0.2, -0.15) is 4.98 Å². The zero-order chi connectivity index (χ0) is 24.2. The molecule has 0 N–H and O–H groups in total. The van der Waals surface area contributed by atoms with E-state index in [4.69, 9.17) is 9.26 Å². The first-order valence-corrected chi connectivity index (χ1v) is 12.6. The van der Waals surface area contributed by atoms with E-state index in [-0.39, 0.29) is 31.0 Å². The topological polar surface area (TPSA) is 88.8 Å². The fourth-order valence-electron chi connectivity index (χ4n) is 4.62. The van der Waals surface area contributed by atoms with Crippen LogP contribution in [0.2, 0.25) is 0 Å². The van der Waals surface area contributed by atoms with E-state index < -0.39 is 0 Å². The van der Waals surface area contributed by atoms with Crippen LogP contribution in [0, 0.1) is 0 Å². The second-order valence-electron chi connectivity index (χ2n) is 8.94. The number of hydrogen-bond donors (Lipinski definition) is 0. The summed E-state index contributed by atoms with van der Waals surface area (Å²) in [6.07, 6.45) is 2.02. The maximum Gasteiger partial charge on any atom is 0.265 e. The molecule has 2 aliphatic heterocycles. The second kappa shape index (κ2) is 8.23. The van der Waals surface area contributed by atoms with Gasteiger partial charge in [0.15, 0.2) is 6.61 Å². The first-order valence-electron chi connectivity index (χ1n) is 11.8. The van der Waals surface area contributed by atoms with Crippen molar-refractivity contribution >= 4 is 35.0 Å². The minimum Gasteiger partial charge on any atom is -0.482 e. The molecule has 7 rings (SSSR count). The third-order valence-corrected chi connectivity index (χ3v) is 7.64. The molecule has 1 saturated carbocycles. The van der Waals surface area contributed by atoms with Gasteiger partial charge in [-0.3, -0.25) is 14.5 Å². The molecule has 3 aromatic carbocycles. The lowest BCUT2D eigenvalue weighted by Gasteiger charge is -2.27. The van der Waals surface area contributed by atoms with Gasteiger partial charge in [0.05, 0.1) is 16.9 Å². The van der Waals surface area contributed by atoms with Gasteiger partial charge < -0.3 is 14.2 Å². The number of benzene rings is 3. The van der Waals surface area contributed by atoms with E-state index in [9.17, 15) is 9.59 Å². The van der Waals surface area contributed by atoms with Crippen molar-refractivity contribution in [2.45, 2.75) is 35.2 Å². The van der Waals surface area contributed by atoms with Crippen molar-refractivity contribution in [2.75, 3.05) is 16.4 Å². The van der Waals surface area contributed by atoms with Crippen LogP contribution >= 0.6 is 11.8 Å². The molecule has 0 radical (unpaired) electrons. The van der Waals surface area contributed by atoms with Crippen LogP contribution in [0.4, 0.5) is 11.4 Å². The fraction of sp³-hybridized carbons (Fsp3) is 0.185. The highest BCUT2D eigenvalue weighted by Crippen LogP contribution is 2.46. The number of anilines is 2. The predicted octanol–water partition coefficient (Wildman–Crippen LogP) is 4.94. The quantitative estimate of drug-likeness (QED) is 0.396. The van der Waals surface area contributed by atoms with Crippen molar-refractivity contribution in [3.63, 3.8) is 0 Å². The SMILES string of the molecule is O=C1COc2ccccc2N1Cc1nc(-c2ccc3c(c2)Sc2ccccc2C(=O)N3C2CC2)no1. The molecule has 36 heavy (non-hydrogen) atoms. The molecule has 1 fully saturated rings. The Hall–Kier alpha value is -4.11. The molecule has 0 spiro atoms. The van der Waals surface area contributed by atoms with E-state index in [1.807, 2.05) is 71.6 Å². The molecule has 0 unspecified atom stereocenters. The van der Waals surface area contributed by atoms with Gasteiger partial charge >= 0.3 is 0 Å². The van der Waals surface area contributed by atoms with Crippen molar-refractivity contribution in [3.05, 3.63) is 78.2 Å². The largest absolute Gasteiger partial charge is 0.482 e. The summed E-state index contributed by atoms with van der Waals surface area (Å²) >= 11 is 1.58. The van der Waals surface area contributed by atoms with Crippen LogP contribution in [0.25, 0.3) is 11.4 Å². The lowest BCUT2D eigenvalue weighted by molar-refractivity contribution is -0.121. The molecule has 8 nitrogen and oxygen atoms in total. The first kappa shape index (κ1) is 21.2. The number of carbonyl (C=O) groups excluding carboxylic acids is 2. The highest BCUT2D eigenvalue weighted by Gasteiger charge is 2.38. The van der Waals surface area contributed by atoms with Gasteiger partial charge in [0, 0.05) is 21.4 Å².